The van der Waals surface area contributed by atoms with Crippen molar-refractivity contribution in [3.05, 3.63) is 23.2 Å². The van der Waals surface area contributed by atoms with Crippen LogP contribution >= 0.6 is 0 Å². The molecule has 16 heavy (non-hydrogen) atoms. The number of nitrogens with one attached hydrogen (secondary N) is 1. The van der Waals surface area contributed by atoms with Crippen LogP contribution in [0, 0.1) is 0 Å². The first kappa shape index (κ1) is 12.5. The van der Waals surface area contributed by atoms with Crippen LogP contribution in [0.1, 0.15) is 26.2 Å². The van der Waals surface area contributed by atoms with Gasteiger partial charge in [0.15, 0.2) is 5.76 Å². The summed E-state index contributed by atoms with van der Waals surface area (Å²) in [6.07, 6.45) is 2.39. The zero-order valence-corrected chi connectivity index (χ0v) is 9.03. The summed E-state index contributed by atoms with van der Waals surface area (Å²) < 4.78 is 0. The highest BCUT2D eigenvalue weighted by molar-refractivity contribution is 5.78. The number of aliphatic carboxylic acids is 1. The second-order valence-corrected chi connectivity index (χ2v) is 4.09. The minimum atomic E-state index is -1.26. The van der Waals surface area contributed by atoms with Crippen LogP contribution in [0.15, 0.2) is 23.2 Å². The van der Waals surface area contributed by atoms with Crippen molar-refractivity contribution in [1.82, 2.24) is 5.43 Å². The van der Waals surface area contributed by atoms with Crippen molar-refractivity contribution in [3.8, 4) is 0 Å². The molecule has 0 saturated heterocycles. The molecule has 0 unspecified atom stereocenters. The monoisotopic (exact) mass is 228 g/mol. The molecule has 1 aliphatic rings. The second kappa shape index (κ2) is 4.54. The van der Waals surface area contributed by atoms with Crippen molar-refractivity contribution in [2.45, 2.75) is 31.7 Å². The van der Waals surface area contributed by atoms with E-state index in [2.05, 4.69) is 5.43 Å². The molecule has 0 fully saturated rings. The lowest BCUT2D eigenvalue weighted by atomic mass is 9.89. The standard InChI is InChI=1S/C10H16N2O4/c1-10(12-11,9(15)16)5-6-2-3-7(13)8(14)4-6/h4,12-14H,2-3,5,11H2,1H3,(H,15,16)/t10-/m0/s1. The van der Waals surface area contributed by atoms with E-state index in [1.54, 1.807) is 0 Å². The predicted octanol–water partition coefficient (Wildman–Crippen LogP) is 0.731. The van der Waals surface area contributed by atoms with Crippen molar-refractivity contribution >= 4 is 5.97 Å². The molecule has 6 nitrogen and oxygen atoms in total. The number of nitrogens with two attached hydrogens (primary N) is 1. The molecule has 1 aliphatic carbocycles. The van der Waals surface area contributed by atoms with Gasteiger partial charge >= 0.3 is 5.97 Å². The first-order valence-corrected chi connectivity index (χ1v) is 4.91. The van der Waals surface area contributed by atoms with E-state index in [0.717, 1.165) is 5.57 Å². The predicted molar refractivity (Wildman–Crippen MR) is 57.6 cm³/mol. The Morgan fingerprint density at radius 2 is 2.19 bits per heavy atom. The Bertz CT molecular complexity index is 362. The van der Waals surface area contributed by atoms with Gasteiger partial charge in [-0.2, -0.15) is 0 Å². The van der Waals surface area contributed by atoms with Crippen molar-refractivity contribution in [1.29, 1.82) is 0 Å². The van der Waals surface area contributed by atoms with Crippen LogP contribution in [-0.2, 0) is 4.79 Å². The highest BCUT2D eigenvalue weighted by atomic mass is 16.4. The average molecular weight is 228 g/mol. The summed E-state index contributed by atoms with van der Waals surface area (Å²) in [5.41, 5.74) is 1.72. The maximum Gasteiger partial charge on any atom is 0.325 e. The van der Waals surface area contributed by atoms with E-state index >= 15 is 0 Å². The Labute approximate surface area is 93.0 Å². The Balaban J connectivity index is 2.83. The van der Waals surface area contributed by atoms with E-state index < -0.39 is 11.5 Å². The zero-order chi connectivity index (χ0) is 12.3. The Morgan fingerprint density at radius 1 is 1.56 bits per heavy atom. The lowest BCUT2D eigenvalue weighted by molar-refractivity contribution is -0.144. The number of hydrogen-bond donors (Lipinski definition) is 5. The third-order valence-electron chi connectivity index (χ3n) is 2.69. The van der Waals surface area contributed by atoms with E-state index in [1.807, 2.05) is 0 Å². The lowest BCUT2D eigenvalue weighted by Gasteiger charge is -2.26. The van der Waals surface area contributed by atoms with Gasteiger partial charge in [0, 0.05) is 6.42 Å². The van der Waals surface area contributed by atoms with Crippen molar-refractivity contribution < 1.29 is 20.1 Å². The first-order valence-electron chi connectivity index (χ1n) is 4.91. The zero-order valence-electron chi connectivity index (χ0n) is 9.03. The fourth-order valence-electron chi connectivity index (χ4n) is 1.54. The number of aliphatic hydroxyl groups excluding tert-OH is 2. The Kier molecular flexibility index (Phi) is 3.56. The number of carboxylic acid groups (broad SMARTS) is 1. The molecule has 0 aromatic heterocycles. The molecule has 0 amide bonds. The molecule has 0 heterocycles. The average Bonchev–Trinajstić information content (AvgIpc) is 2.23. The number of hydrazine groups is 1. The van der Waals surface area contributed by atoms with Crippen LogP contribution in [-0.4, -0.2) is 26.8 Å². The molecule has 0 aromatic carbocycles. The minimum absolute atomic E-state index is 0.0681. The molecule has 0 bridgehead atoms. The molecule has 1 atom stereocenters. The molecule has 0 radical (unpaired) electrons. The summed E-state index contributed by atoms with van der Waals surface area (Å²) in [4.78, 5) is 11.0. The van der Waals surface area contributed by atoms with E-state index in [4.69, 9.17) is 10.9 Å². The van der Waals surface area contributed by atoms with Crippen LogP contribution in [0.4, 0.5) is 0 Å². The Morgan fingerprint density at radius 3 is 2.62 bits per heavy atom. The van der Waals surface area contributed by atoms with Gasteiger partial charge in [-0.05, 0) is 25.8 Å². The smallest absolute Gasteiger partial charge is 0.325 e. The maximum absolute atomic E-state index is 11.0. The third kappa shape index (κ3) is 2.53. The van der Waals surface area contributed by atoms with Gasteiger partial charge in [-0.1, -0.05) is 5.57 Å². The van der Waals surface area contributed by atoms with Crippen LogP contribution in [0.2, 0.25) is 0 Å². The van der Waals surface area contributed by atoms with E-state index in [1.165, 1.54) is 13.0 Å². The summed E-state index contributed by atoms with van der Waals surface area (Å²) in [6.45, 7) is 1.46. The molecule has 6 heteroatoms. The fraction of sp³-hybridized carbons (Fsp3) is 0.500. The van der Waals surface area contributed by atoms with Gasteiger partial charge < -0.3 is 15.3 Å². The van der Waals surface area contributed by atoms with E-state index in [0.29, 0.717) is 12.8 Å². The van der Waals surface area contributed by atoms with Crippen molar-refractivity contribution in [2.75, 3.05) is 0 Å². The van der Waals surface area contributed by atoms with Crippen LogP contribution in [0.25, 0.3) is 0 Å². The minimum Gasteiger partial charge on any atom is -0.508 e. The van der Waals surface area contributed by atoms with Gasteiger partial charge in [0.05, 0.1) is 0 Å². The topological polar surface area (TPSA) is 116 Å². The van der Waals surface area contributed by atoms with Gasteiger partial charge in [-0.25, -0.2) is 5.43 Å². The van der Waals surface area contributed by atoms with Gasteiger partial charge in [-0.15, -0.1) is 0 Å². The SMILES string of the molecule is C[C@@](CC1=CC(O)=C(O)CC1)(NN)C(=O)O. The summed E-state index contributed by atoms with van der Waals surface area (Å²) in [6, 6.07) is 0. The van der Waals surface area contributed by atoms with Crippen molar-refractivity contribution in [3.63, 3.8) is 0 Å². The van der Waals surface area contributed by atoms with Gasteiger partial charge in [0.1, 0.15) is 11.3 Å². The summed E-state index contributed by atoms with van der Waals surface area (Å²) in [7, 11) is 0. The molecule has 1 rings (SSSR count). The normalized spacial score (nSPS) is 20.2. The fourth-order valence-corrected chi connectivity index (χ4v) is 1.54. The molecule has 0 saturated carbocycles. The maximum atomic E-state index is 11.0. The number of allylic oxidation sites excluding steroid dienone is 2. The van der Waals surface area contributed by atoms with Gasteiger partial charge in [0.2, 0.25) is 0 Å². The number of rotatable bonds is 4. The number of aliphatic hydroxyl groups is 2. The van der Waals surface area contributed by atoms with Gasteiger partial charge in [0.25, 0.3) is 0 Å². The summed E-state index contributed by atoms with van der Waals surface area (Å²) in [5.74, 6) is 3.87. The van der Waals surface area contributed by atoms with Crippen LogP contribution < -0.4 is 11.3 Å². The molecule has 0 aromatic rings. The molecule has 6 N–H and O–H groups in total. The number of hydrogen-bond acceptors (Lipinski definition) is 5. The van der Waals surface area contributed by atoms with E-state index in [9.17, 15) is 15.0 Å². The molecular weight excluding hydrogens is 212 g/mol. The highest BCUT2D eigenvalue weighted by Crippen LogP contribution is 2.27. The van der Waals surface area contributed by atoms with Crippen LogP contribution in [0.5, 0.6) is 0 Å². The summed E-state index contributed by atoms with van der Waals surface area (Å²) >= 11 is 0. The molecule has 0 aliphatic heterocycles. The Hall–Kier alpha value is -1.53. The van der Waals surface area contributed by atoms with E-state index in [-0.39, 0.29) is 17.9 Å². The van der Waals surface area contributed by atoms with Crippen molar-refractivity contribution in [2.24, 2.45) is 5.84 Å². The van der Waals surface area contributed by atoms with Crippen LogP contribution in [0.3, 0.4) is 0 Å². The molecular formula is C10H16N2O4. The highest BCUT2D eigenvalue weighted by Gasteiger charge is 2.33. The number of carboxylic acids is 1. The summed E-state index contributed by atoms with van der Waals surface area (Å²) in [5, 5.41) is 27.5. The lowest BCUT2D eigenvalue weighted by Crippen LogP contribution is -2.53. The van der Waals surface area contributed by atoms with Gasteiger partial charge in [-0.3, -0.25) is 10.6 Å². The second-order valence-electron chi connectivity index (χ2n) is 4.09. The quantitative estimate of drug-likeness (QED) is 0.358. The molecule has 90 valence electrons. The largest absolute Gasteiger partial charge is 0.508 e. The number of carbonyl (C=O) groups is 1. The molecule has 0 spiro atoms. The first-order chi connectivity index (χ1) is 7.39. The third-order valence-corrected chi connectivity index (χ3v) is 2.69.